The van der Waals surface area contributed by atoms with E-state index in [4.69, 9.17) is 14.5 Å². The van der Waals surface area contributed by atoms with Gasteiger partial charge in [0.15, 0.2) is 6.04 Å². The Balaban J connectivity index is 1.53. The standard InChI is InChI=1S/C29H33N3O4/c1-4-13-29(14-5-2)25(18-26(29)33)32-24(28(34)35-6-3)17-20-7-9-22(10-8-20)36-27-23-19-30-15-11-21(23)12-16-31-27/h7-12,15-16,19,24H,4-6,13-14,17-18H2,1-3H3/t24-/m0/s1. The predicted molar refractivity (Wildman–Crippen MR) is 139 cm³/mol. The smallest absolute Gasteiger partial charge is 0.331 e. The lowest BCUT2D eigenvalue weighted by atomic mass is 9.60. The molecule has 1 saturated carbocycles. The Morgan fingerprint density at radius 3 is 2.44 bits per heavy atom. The minimum Gasteiger partial charge on any atom is -0.464 e. The van der Waals surface area contributed by atoms with Gasteiger partial charge >= 0.3 is 5.97 Å². The summed E-state index contributed by atoms with van der Waals surface area (Å²) in [6, 6.07) is 10.7. The SMILES string of the molecule is CCCC1(CCC)C(=O)CC1=N[C@@H](Cc1ccc(Oc2nccc3ccncc23)cc1)C(=O)OCC. The fraction of sp³-hybridized carbons (Fsp3) is 0.414. The van der Waals surface area contributed by atoms with Gasteiger partial charge in [0.05, 0.1) is 17.4 Å². The normalized spacial score (nSPS) is 16.5. The average Bonchev–Trinajstić information content (AvgIpc) is 2.89. The van der Waals surface area contributed by atoms with Crippen molar-refractivity contribution >= 4 is 28.2 Å². The maximum Gasteiger partial charge on any atom is 0.331 e. The summed E-state index contributed by atoms with van der Waals surface area (Å²) in [5, 5.41) is 1.83. The number of pyridine rings is 2. The van der Waals surface area contributed by atoms with E-state index < -0.39 is 11.5 Å². The maximum absolute atomic E-state index is 12.8. The van der Waals surface area contributed by atoms with Gasteiger partial charge in [-0.25, -0.2) is 9.78 Å². The summed E-state index contributed by atoms with van der Waals surface area (Å²) in [5.74, 6) is 1.00. The molecule has 1 aromatic carbocycles. The lowest BCUT2D eigenvalue weighted by Gasteiger charge is -2.42. The summed E-state index contributed by atoms with van der Waals surface area (Å²) in [7, 11) is 0. The zero-order valence-electron chi connectivity index (χ0n) is 21.2. The summed E-state index contributed by atoms with van der Waals surface area (Å²) in [6.45, 7) is 6.24. The highest BCUT2D eigenvalue weighted by Gasteiger charge is 2.50. The van der Waals surface area contributed by atoms with Crippen LogP contribution >= 0.6 is 0 Å². The number of ether oxygens (including phenoxy) is 2. The number of nitrogens with zero attached hydrogens (tertiary/aromatic N) is 3. The third-order valence-electron chi connectivity index (χ3n) is 6.74. The first-order chi connectivity index (χ1) is 17.5. The first-order valence-corrected chi connectivity index (χ1v) is 12.7. The minimum absolute atomic E-state index is 0.242. The van der Waals surface area contributed by atoms with E-state index in [0.717, 1.165) is 47.7 Å². The Bertz CT molecular complexity index is 1240. The molecule has 1 aliphatic carbocycles. The highest BCUT2D eigenvalue weighted by Crippen LogP contribution is 2.43. The molecular formula is C29H33N3O4. The molecule has 0 unspecified atom stereocenters. The van der Waals surface area contributed by atoms with Gasteiger partial charge in [-0.05, 0) is 55.0 Å². The molecule has 0 saturated heterocycles. The third-order valence-corrected chi connectivity index (χ3v) is 6.74. The van der Waals surface area contributed by atoms with E-state index in [1.54, 1.807) is 25.5 Å². The number of carbonyl (C=O) groups is 2. The van der Waals surface area contributed by atoms with Crippen LogP contribution in [0.5, 0.6) is 11.6 Å². The molecular weight excluding hydrogens is 454 g/mol. The first-order valence-electron chi connectivity index (χ1n) is 12.7. The van der Waals surface area contributed by atoms with Gasteiger partial charge in [-0.15, -0.1) is 0 Å². The van der Waals surface area contributed by atoms with Crippen molar-refractivity contribution in [3.8, 4) is 11.6 Å². The minimum atomic E-state index is -0.682. The molecule has 2 heterocycles. The number of fused-ring (bicyclic) bond motifs is 1. The summed E-state index contributed by atoms with van der Waals surface area (Å²) < 4.78 is 11.3. The lowest BCUT2D eigenvalue weighted by molar-refractivity contribution is -0.144. The number of benzene rings is 1. The van der Waals surface area contributed by atoms with Crippen molar-refractivity contribution in [1.29, 1.82) is 0 Å². The molecule has 2 aromatic heterocycles. The molecule has 1 aliphatic rings. The molecule has 188 valence electrons. The van der Waals surface area contributed by atoms with Crippen molar-refractivity contribution in [2.24, 2.45) is 10.4 Å². The van der Waals surface area contributed by atoms with E-state index in [1.807, 2.05) is 36.4 Å². The van der Waals surface area contributed by atoms with Crippen molar-refractivity contribution in [3.63, 3.8) is 0 Å². The molecule has 0 aliphatic heterocycles. The van der Waals surface area contributed by atoms with Crippen LogP contribution in [0.4, 0.5) is 0 Å². The fourth-order valence-corrected chi connectivity index (χ4v) is 4.96. The van der Waals surface area contributed by atoms with Gasteiger partial charge in [0, 0.05) is 37.1 Å². The van der Waals surface area contributed by atoms with Gasteiger partial charge in [-0.3, -0.25) is 14.8 Å². The number of Topliss-reactive ketones (excluding diaryl/α,β-unsaturated/α-hetero) is 1. The number of hydrogen-bond donors (Lipinski definition) is 0. The number of ketones is 1. The molecule has 0 amide bonds. The lowest BCUT2D eigenvalue weighted by Crippen LogP contribution is -2.51. The summed E-state index contributed by atoms with van der Waals surface area (Å²) in [5.41, 5.74) is 1.27. The zero-order valence-corrected chi connectivity index (χ0v) is 21.2. The quantitative estimate of drug-likeness (QED) is 0.313. The largest absolute Gasteiger partial charge is 0.464 e. The van der Waals surface area contributed by atoms with E-state index in [-0.39, 0.29) is 18.4 Å². The summed E-state index contributed by atoms with van der Waals surface area (Å²) >= 11 is 0. The molecule has 1 atom stereocenters. The molecule has 0 N–H and O–H groups in total. The van der Waals surface area contributed by atoms with Crippen molar-refractivity contribution in [2.75, 3.05) is 6.61 Å². The molecule has 3 aromatic rings. The van der Waals surface area contributed by atoms with Crippen LogP contribution in [0, 0.1) is 5.41 Å². The molecule has 1 fully saturated rings. The van der Waals surface area contributed by atoms with Crippen LogP contribution < -0.4 is 4.74 Å². The molecule has 4 rings (SSSR count). The van der Waals surface area contributed by atoms with Gasteiger partial charge in [0.25, 0.3) is 0 Å². The number of hydrogen-bond acceptors (Lipinski definition) is 7. The van der Waals surface area contributed by atoms with Crippen LogP contribution in [0.1, 0.15) is 58.4 Å². The molecule has 7 nitrogen and oxygen atoms in total. The Hall–Kier alpha value is -3.61. The monoisotopic (exact) mass is 487 g/mol. The second-order valence-corrected chi connectivity index (χ2v) is 9.19. The van der Waals surface area contributed by atoms with Crippen molar-refractivity contribution < 1.29 is 19.1 Å². The Labute approximate surface area is 212 Å². The van der Waals surface area contributed by atoms with Crippen LogP contribution in [0.15, 0.2) is 60.0 Å². The Morgan fingerprint density at radius 1 is 1.06 bits per heavy atom. The molecule has 0 spiro atoms. The fourth-order valence-electron chi connectivity index (χ4n) is 4.96. The van der Waals surface area contributed by atoms with Crippen molar-refractivity contribution in [1.82, 2.24) is 9.97 Å². The third kappa shape index (κ3) is 5.30. The second kappa shape index (κ2) is 11.4. The van der Waals surface area contributed by atoms with Crippen molar-refractivity contribution in [3.05, 3.63) is 60.6 Å². The van der Waals surface area contributed by atoms with Gasteiger partial charge in [-0.2, -0.15) is 0 Å². The van der Waals surface area contributed by atoms with E-state index in [9.17, 15) is 9.59 Å². The molecule has 7 heteroatoms. The van der Waals surface area contributed by atoms with Gasteiger partial charge in [0.1, 0.15) is 11.5 Å². The molecule has 36 heavy (non-hydrogen) atoms. The number of aliphatic imine (C=N–C) groups is 1. The van der Waals surface area contributed by atoms with E-state index >= 15 is 0 Å². The Kier molecular flexibility index (Phi) is 8.08. The topological polar surface area (TPSA) is 90.7 Å². The van der Waals surface area contributed by atoms with Crippen LogP contribution in [-0.4, -0.2) is 40.1 Å². The van der Waals surface area contributed by atoms with Crippen LogP contribution in [0.2, 0.25) is 0 Å². The number of carbonyl (C=O) groups excluding carboxylic acids is 2. The zero-order chi connectivity index (χ0) is 25.5. The van der Waals surface area contributed by atoms with E-state index in [0.29, 0.717) is 24.5 Å². The highest BCUT2D eigenvalue weighted by molar-refractivity contribution is 6.27. The van der Waals surface area contributed by atoms with Crippen LogP contribution in [0.25, 0.3) is 10.8 Å². The maximum atomic E-state index is 12.8. The van der Waals surface area contributed by atoms with E-state index in [2.05, 4.69) is 23.8 Å². The average molecular weight is 488 g/mol. The van der Waals surface area contributed by atoms with Gasteiger partial charge in [0.2, 0.25) is 5.88 Å². The van der Waals surface area contributed by atoms with Gasteiger partial charge in [-0.1, -0.05) is 38.8 Å². The number of aromatic nitrogens is 2. The summed E-state index contributed by atoms with van der Waals surface area (Å²) in [4.78, 5) is 38.8. The molecule has 0 bridgehead atoms. The first kappa shape index (κ1) is 25.5. The Morgan fingerprint density at radius 2 is 1.78 bits per heavy atom. The van der Waals surface area contributed by atoms with Crippen LogP contribution in [0.3, 0.4) is 0 Å². The highest BCUT2D eigenvalue weighted by atomic mass is 16.5. The van der Waals surface area contributed by atoms with Crippen molar-refractivity contribution in [2.45, 2.75) is 65.3 Å². The van der Waals surface area contributed by atoms with E-state index in [1.165, 1.54) is 0 Å². The number of rotatable bonds is 11. The predicted octanol–water partition coefficient (Wildman–Crippen LogP) is 5.90. The second-order valence-electron chi connectivity index (χ2n) is 9.19. The van der Waals surface area contributed by atoms with Crippen LogP contribution in [-0.2, 0) is 20.7 Å². The molecule has 0 radical (unpaired) electrons. The number of esters is 1. The summed E-state index contributed by atoms with van der Waals surface area (Å²) in [6.07, 6.45) is 9.25. The van der Waals surface area contributed by atoms with Gasteiger partial charge < -0.3 is 9.47 Å².